The van der Waals surface area contributed by atoms with Crippen LogP contribution in [0, 0.1) is 0 Å². The van der Waals surface area contributed by atoms with E-state index in [1.165, 1.54) is 5.56 Å². The summed E-state index contributed by atoms with van der Waals surface area (Å²) in [4.78, 5) is 2.27. The lowest BCUT2D eigenvalue weighted by atomic mass is 9.50. The van der Waals surface area contributed by atoms with Crippen LogP contribution in [-0.4, -0.2) is 67.5 Å². The zero-order valence-electron chi connectivity index (χ0n) is 15.0. The zero-order valence-corrected chi connectivity index (χ0v) is 15.0. The molecule has 26 heavy (non-hydrogen) atoms. The number of hydrogen-bond donors (Lipinski definition) is 1. The molecule has 2 saturated heterocycles. The summed E-state index contributed by atoms with van der Waals surface area (Å²) in [6, 6.07) is 4.10. The van der Waals surface area contributed by atoms with Gasteiger partial charge in [0.2, 0.25) is 5.79 Å². The maximum absolute atomic E-state index is 12.0. The Balaban J connectivity index is 1.69. The molecule has 2 bridgehead atoms. The van der Waals surface area contributed by atoms with Crippen molar-refractivity contribution in [2.24, 2.45) is 0 Å². The van der Waals surface area contributed by atoms with E-state index in [9.17, 15) is 5.11 Å². The van der Waals surface area contributed by atoms with Crippen LogP contribution in [0.3, 0.4) is 0 Å². The van der Waals surface area contributed by atoms with Gasteiger partial charge in [0.05, 0.1) is 25.7 Å². The topological polar surface area (TPSA) is 60.4 Å². The van der Waals surface area contributed by atoms with Gasteiger partial charge in [0, 0.05) is 11.6 Å². The Morgan fingerprint density at radius 3 is 2.81 bits per heavy atom. The largest absolute Gasteiger partial charge is 0.493 e. The summed E-state index contributed by atoms with van der Waals surface area (Å²) < 4.78 is 24.3. The van der Waals surface area contributed by atoms with E-state index in [1.54, 1.807) is 7.11 Å². The highest BCUT2D eigenvalue weighted by Gasteiger charge is 2.75. The number of rotatable bonds is 1. The molecule has 2 fully saturated rings. The maximum Gasteiger partial charge on any atom is 0.227 e. The average molecular weight is 357 g/mol. The van der Waals surface area contributed by atoms with Crippen molar-refractivity contribution in [3.8, 4) is 11.5 Å². The molecule has 3 heterocycles. The fraction of sp³-hybridized carbons (Fsp3) is 0.600. The minimum absolute atomic E-state index is 0.00389. The number of likely N-dealkylation sites (N-methyl/N-ethyl adjacent to an activating group) is 1. The normalized spacial score (nSPS) is 41.2. The number of piperidine rings is 1. The lowest BCUT2D eigenvalue weighted by molar-refractivity contribution is -0.237. The number of ether oxygens (including phenoxy) is 4. The number of nitrogens with zero attached hydrogens (tertiary/aromatic N) is 1. The first-order chi connectivity index (χ1) is 12.6. The van der Waals surface area contributed by atoms with E-state index in [2.05, 4.69) is 18.0 Å². The van der Waals surface area contributed by atoms with Gasteiger partial charge in [-0.2, -0.15) is 0 Å². The number of aliphatic hydroxyl groups is 1. The van der Waals surface area contributed by atoms with Crippen molar-refractivity contribution in [3.05, 3.63) is 35.4 Å². The van der Waals surface area contributed by atoms with Gasteiger partial charge < -0.3 is 24.1 Å². The van der Waals surface area contributed by atoms with Crippen molar-refractivity contribution in [2.75, 3.05) is 33.9 Å². The van der Waals surface area contributed by atoms with Crippen LogP contribution in [0.5, 0.6) is 11.5 Å². The van der Waals surface area contributed by atoms with Crippen molar-refractivity contribution in [1.29, 1.82) is 0 Å². The minimum atomic E-state index is -1.02. The highest BCUT2D eigenvalue weighted by Crippen LogP contribution is 2.66. The molecule has 0 aromatic heterocycles. The molecular weight excluding hydrogens is 334 g/mol. The van der Waals surface area contributed by atoms with Crippen molar-refractivity contribution in [2.45, 2.75) is 41.8 Å². The van der Waals surface area contributed by atoms with Crippen LogP contribution in [-0.2, 0) is 21.3 Å². The van der Waals surface area contributed by atoms with Gasteiger partial charge in [-0.1, -0.05) is 6.07 Å². The van der Waals surface area contributed by atoms with Gasteiger partial charge in [0.25, 0.3) is 0 Å². The predicted octanol–water partition coefficient (Wildman–Crippen LogP) is 0.998. The van der Waals surface area contributed by atoms with Crippen molar-refractivity contribution < 1.29 is 24.1 Å². The predicted molar refractivity (Wildman–Crippen MR) is 92.6 cm³/mol. The van der Waals surface area contributed by atoms with Gasteiger partial charge in [-0.25, -0.2) is 0 Å². The van der Waals surface area contributed by atoms with E-state index in [0.29, 0.717) is 19.0 Å². The Kier molecular flexibility index (Phi) is 2.75. The Morgan fingerprint density at radius 2 is 2.04 bits per heavy atom. The van der Waals surface area contributed by atoms with Crippen LogP contribution in [0.2, 0.25) is 0 Å². The van der Waals surface area contributed by atoms with Crippen LogP contribution in [0.25, 0.3) is 0 Å². The fourth-order valence-corrected chi connectivity index (χ4v) is 6.13. The van der Waals surface area contributed by atoms with Crippen molar-refractivity contribution in [3.63, 3.8) is 0 Å². The fourth-order valence-electron chi connectivity index (χ4n) is 6.13. The Bertz CT molecular complexity index is 832. The second-order valence-electron chi connectivity index (χ2n) is 8.13. The van der Waals surface area contributed by atoms with Crippen LogP contribution in [0.1, 0.15) is 17.5 Å². The molecule has 6 heteroatoms. The van der Waals surface area contributed by atoms with E-state index in [0.717, 1.165) is 30.7 Å². The van der Waals surface area contributed by atoms with Gasteiger partial charge in [0.1, 0.15) is 5.60 Å². The minimum Gasteiger partial charge on any atom is -0.493 e. The maximum atomic E-state index is 12.0. The summed E-state index contributed by atoms with van der Waals surface area (Å²) in [7, 11) is 3.75. The summed E-state index contributed by atoms with van der Waals surface area (Å²) in [5.41, 5.74) is 0.723. The Morgan fingerprint density at radius 1 is 1.23 bits per heavy atom. The number of likely N-dealkylation sites (tertiary alicyclic amines) is 1. The summed E-state index contributed by atoms with van der Waals surface area (Å²) >= 11 is 0. The molecule has 3 aliphatic heterocycles. The molecule has 0 amide bonds. The highest BCUT2D eigenvalue weighted by atomic mass is 16.8. The van der Waals surface area contributed by atoms with E-state index < -0.39 is 22.9 Å². The molecule has 4 atom stereocenters. The van der Waals surface area contributed by atoms with Crippen LogP contribution in [0.4, 0.5) is 0 Å². The molecule has 2 spiro atoms. The molecule has 2 unspecified atom stereocenters. The third-order valence-electron chi connectivity index (χ3n) is 7.26. The van der Waals surface area contributed by atoms with Gasteiger partial charge >= 0.3 is 0 Å². The van der Waals surface area contributed by atoms with Crippen molar-refractivity contribution in [1.82, 2.24) is 4.90 Å². The molecule has 1 aromatic rings. The number of hydrogen-bond acceptors (Lipinski definition) is 6. The van der Waals surface area contributed by atoms with Gasteiger partial charge in [0.15, 0.2) is 17.6 Å². The van der Waals surface area contributed by atoms with E-state index in [1.807, 2.05) is 18.2 Å². The molecule has 6 nitrogen and oxygen atoms in total. The SMILES string of the molecule is COc1ccc2c3c1OC1C4(C=CC5(O)[C@H](C2)N(C)CC[C@@]315)OCCO4. The van der Waals surface area contributed by atoms with Gasteiger partial charge in [-0.05, 0) is 50.2 Å². The zero-order chi connectivity index (χ0) is 17.7. The van der Waals surface area contributed by atoms with Crippen LogP contribution < -0.4 is 9.47 Å². The summed E-state index contributed by atoms with van der Waals surface area (Å²) in [6.45, 7) is 1.96. The number of methoxy groups -OCH3 is 1. The monoisotopic (exact) mass is 357 g/mol. The first kappa shape index (κ1) is 15.5. The van der Waals surface area contributed by atoms with Gasteiger partial charge in [-0.3, -0.25) is 4.90 Å². The quantitative estimate of drug-likeness (QED) is 0.757. The Labute approximate surface area is 152 Å². The smallest absolute Gasteiger partial charge is 0.227 e. The van der Waals surface area contributed by atoms with Crippen LogP contribution >= 0.6 is 0 Å². The second-order valence-corrected chi connectivity index (χ2v) is 8.13. The standard InChI is InChI=1S/C20H23NO5/c1-21-8-7-18-15-12-3-4-13(23-2)16(15)26-17(18)20(24-9-10-25-20)6-5-19(18,22)14(21)11-12/h3-6,14,17,22H,7-11H2,1-2H3/t14-,17?,18+,19?/m0/s1. The molecule has 5 aliphatic rings. The second kappa shape index (κ2) is 4.62. The third kappa shape index (κ3) is 1.44. The molecule has 2 aliphatic carbocycles. The van der Waals surface area contributed by atoms with Crippen molar-refractivity contribution >= 4 is 0 Å². The first-order valence-electron chi connectivity index (χ1n) is 9.34. The lowest BCUT2D eigenvalue weighted by Gasteiger charge is -2.62. The number of benzene rings is 1. The lowest BCUT2D eigenvalue weighted by Crippen LogP contribution is -2.77. The van der Waals surface area contributed by atoms with Crippen LogP contribution in [0.15, 0.2) is 24.3 Å². The van der Waals surface area contributed by atoms with E-state index in [-0.39, 0.29) is 6.04 Å². The number of fused-ring (bicyclic) bond motifs is 1. The summed E-state index contributed by atoms with van der Waals surface area (Å²) in [5, 5.41) is 12.0. The molecule has 0 saturated carbocycles. The average Bonchev–Trinajstić information content (AvgIpc) is 3.24. The summed E-state index contributed by atoms with van der Waals surface area (Å²) in [6.07, 6.45) is 4.96. The third-order valence-corrected chi connectivity index (χ3v) is 7.26. The Hall–Kier alpha value is -1.60. The molecule has 1 aromatic carbocycles. The molecule has 1 N–H and O–H groups in total. The molecule has 0 radical (unpaired) electrons. The summed E-state index contributed by atoms with van der Waals surface area (Å²) in [5.74, 6) is 0.518. The molecule has 138 valence electrons. The first-order valence-corrected chi connectivity index (χ1v) is 9.34. The highest BCUT2D eigenvalue weighted by molar-refractivity contribution is 5.64. The van der Waals surface area contributed by atoms with E-state index >= 15 is 0 Å². The van der Waals surface area contributed by atoms with E-state index in [4.69, 9.17) is 18.9 Å². The molecule has 6 rings (SSSR count). The van der Waals surface area contributed by atoms with Gasteiger partial charge in [-0.15, -0.1) is 0 Å². The molecular formula is C20H23NO5.